The normalized spacial score (nSPS) is 12.1. The summed E-state index contributed by atoms with van der Waals surface area (Å²) < 4.78 is 41.6. The molecule has 0 unspecified atom stereocenters. The number of hydrogen-bond acceptors (Lipinski definition) is 2. The number of phenolic OH excluding ortho intramolecular Hbond substituents is 1. The third-order valence-corrected chi connectivity index (χ3v) is 6.13. The van der Waals surface area contributed by atoms with Gasteiger partial charge in [-0.1, -0.05) is 60.7 Å². The summed E-state index contributed by atoms with van der Waals surface area (Å²) in [5.41, 5.74) is 1.78. The Morgan fingerprint density at radius 2 is 1.21 bits per heavy atom. The summed E-state index contributed by atoms with van der Waals surface area (Å²) in [6, 6.07) is 27.7. The maximum absolute atomic E-state index is 13.2. The Bertz CT molecular complexity index is 1700. The molecule has 0 atom stereocenters. The molecule has 0 aliphatic carbocycles. The monoisotopic (exact) mass is 454 g/mol. The lowest BCUT2D eigenvalue weighted by Crippen LogP contribution is -2.05. The van der Waals surface area contributed by atoms with Crippen LogP contribution in [0.5, 0.6) is 5.75 Å². The molecule has 0 fully saturated rings. The molecule has 6 aromatic rings. The highest BCUT2D eigenvalue weighted by Gasteiger charge is 2.30. The Kier molecular flexibility index (Phi) is 4.39. The fourth-order valence-corrected chi connectivity index (χ4v) is 4.60. The van der Waals surface area contributed by atoms with Crippen molar-refractivity contribution >= 4 is 32.6 Å². The van der Waals surface area contributed by atoms with E-state index in [1.807, 2.05) is 53.1 Å². The van der Waals surface area contributed by atoms with E-state index in [0.717, 1.165) is 39.2 Å². The number of phenols is 1. The first-order valence-electron chi connectivity index (χ1n) is 10.7. The van der Waals surface area contributed by atoms with Gasteiger partial charge >= 0.3 is 6.18 Å². The van der Waals surface area contributed by atoms with Gasteiger partial charge in [-0.15, -0.1) is 0 Å². The van der Waals surface area contributed by atoms with Crippen molar-refractivity contribution < 1.29 is 18.3 Å². The summed E-state index contributed by atoms with van der Waals surface area (Å²) >= 11 is 0. The molecule has 0 spiro atoms. The molecule has 1 aromatic heterocycles. The van der Waals surface area contributed by atoms with Gasteiger partial charge in [-0.05, 0) is 47.2 Å². The number of halogens is 3. The van der Waals surface area contributed by atoms with E-state index in [1.54, 1.807) is 24.3 Å². The number of nitrogens with zero attached hydrogens (tertiary/aromatic N) is 2. The van der Waals surface area contributed by atoms with Gasteiger partial charge < -0.3 is 5.11 Å². The summed E-state index contributed by atoms with van der Waals surface area (Å²) in [6.45, 7) is 0. The zero-order valence-corrected chi connectivity index (χ0v) is 17.7. The van der Waals surface area contributed by atoms with Crippen LogP contribution in [0, 0.1) is 0 Å². The SMILES string of the molecule is Oc1ccccc1-c1nc2c3ccccc3c3ccccc3c2n1-c1ccc(C(F)(F)F)cc1. The molecule has 0 bridgehead atoms. The van der Waals surface area contributed by atoms with E-state index in [4.69, 9.17) is 4.98 Å². The van der Waals surface area contributed by atoms with Crippen LogP contribution < -0.4 is 0 Å². The first kappa shape index (κ1) is 20.3. The maximum atomic E-state index is 13.2. The predicted octanol–water partition coefficient (Wildman–Crippen LogP) is 7.72. The smallest absolute Gasteiger partial charge is 0.416 e. The van der Waals surface area contributed by atoms with Crippen LogP contribution in [0.4, 0.5) is 13.2 Å². The van der Waals surface area contributed by atoms with Crippen LogP contribution in [0.1, 0.15) is 5.56 Å². The molecule has 0 saturated carbocycles. The number of imidazole rings is 1. The van der Waals surface area contributed by atoms with Crippen molar-refractivity contribution in [2.45, 2.75) is 6.18 Å². The van der Waals surface area contributed by atoms with Gasteiger partial charge in [-0.25, -0.2) is 4.98 Å². The molecular formula is C28H17F3N2O. The Labute approximate surface area is 192 Å². The average Bonchev–Trinajstić information content (AvgIpc) is 3.25. The van der Waals surface area contributed by atoms with E-state index in [9.17, 15) is 18.3 Å². The molecule has 1 N–H and O–H groups in total. The van der Waals surface area contributed by atoms with Gasteiger partial charge in [-0.2, -0.15) is 13.2 Å². The van der Waals surface area contributed by atoms with Gasteiger partial charge in [-0.3, -0.25) is 4.57 Å². The van der Waals surface area contributed by atoms with E-state index in [2.05, 4.69) is 0 Å². The number of alkyl halides is 3. The Balaban J connectivity index is 1.80. The van der Waals surface area contributed by atoms with Crippen molar-refractivity contribution in [1.29, 1.82) is 0 Å². The maximum Gasteiger partial charge on any atom is 0.416 e. The quantitative estimate of drug-likeness (QED) is 0.272. The molecule has 6 rings (SSSR count). The third kappa shape index (κ3) is 3.03. The Morgan fingerprint density at radius 1 is 0.647 bits per heavy atom. The molecule has 6 heteroatoms. The Hall–Kier alpha value is -4.32. The van der Waals surface area contributed by atoms with Gasteiger partial charge in [0.05, 0.1) is 22.2 Å². The Morgan fingerprint density at radius 3 is 1.85 bits per heavy atom. The number of benzene rings is 5. The molecule has 5 aromatic carbocycles. The zero-order chi connectivity index (χ0) is 23.4. The van der Waals surface area contributed by atoms with Gasteiger partial charge in [0, 0.05) is 16.5 Å². The van der Waals surface area contributed by atoms with Gasteiger partial charge in [0.25, 0.3) is 0 Å². The van der Waals surface area contributed by atoms with E-state index >= 15 is 0 Å². The molecule has 0 amide bonds. The highest BCUT2D eigenvalue weighted by molar-refractivity contribution is 6.24. The molecule has 34 heavy (non-hydrogen) atoms. The second kappa shape index (κ2) is 7.35. The van der Waals surface area contributed by atoms with Crippen LogP contribution in [0.25, 0.3) is 49.7 Å². The minimum atomic E-state index is -4.43. The fourth-order valence-electron chi connectivity index (χ4n) is 4.60. The summed E-state index contributed by atoms with van der Waals surface area (Å²) in [7, 11) is 0. The van der Waals surface area contributed by atoms with Crippen LogP contribution in [-0.4, -0.2) is 14.7 Å². The zero-order valence-electron chi connectivity index (χ0n) is 17.7. The molecular weight excluding hydrogens is 437 g/mol. The molecule has 0 aliphatic rings. The average molecular weight is 454 g/mol. The van der Waals surface area contributed by atoms with Crippen LogP contribution in [0.3, 0.4) is 0 Å². The topological polar surface area (TPSA) is 38.1 Å². The van der Waals surface area contributed by atoms with Gasteiger partial charge in [0.2, 0.25) is 0 Å². The molecule has 1 heterocycles. The van der Waals surface area contributed by atoms with Gasteiger partial charge in [0.1, 0.15) is 11.6 Å². The van der Waals surface area contributed by atoms with E-state index in [1.165, 1.54) is 12.1 Å². The van der Waals surface area contributed by atoms with E-state index < -0.39 is 11.7 Å². The lowest BCUT2D eigenvalue weighted by molar-refractivity contribution is -0.137. The number of aromatic nitrogens is 2. The summed E-state index contributed by atoms with van der Waals surface area (Å²) in [4.78, 5) is 4.95. The lowest BCUT2D eigenvalue weighted by Gasteiger charge is -2.14. The highest BCUT2D eigenvalue weighted by atomic mass is 19.4. The fraction of sp³-hybridized carbons (Fsp3) is 0.0357. The van der Waals surface area contributed by atoms with Crippen molar-refractivity contribution in [2.75, 3.05) is 0 Å². The van der Waals surface area contributed by atoms with Crippen LogP contribution >= 0.6 is 0 Å². The number of fused-ring (bicyclic) bond motifs is 6. The standard InChI is InChI=1S/C28H17F3N2O/c29-28(30,31)17-13-15-18(16-14-17)33-26-22-10-4-2-8-20(22)19-7-1-3-9-21(19)25(26)32-27(33)23-11-5-6-12-24(23)34/h1-16,34H. The van der Waals surface area contributed by atoms with Crippen LogP contribution in [0.15, 0.2) is 97.1 Å². The first-order valence-corrected chi connectivity index (χ1v) is 10.7. The van der Waals surface area contributed by atoms with Crippen molar-refractivity contribution in [3.8, 4) is 22.8 Å². The highest BCUT2D eigenvalue weighted by Crippen LogP contribution is 2.41. The van der Waals surface area contributed by atoms with Crippen molar-refractivity contribution in [3.05, 3.63) is 103 Å². The van der Waals surface area contributed by atoms with Gasteiger partial charge in [0.15, 0.2) is 0 Å². The molecule has 3 nitrogen and oxygen atoms in total. The summed E-state index contributed by atoms with van der Waals surface area (Å²) in [5.74, 6) is 0.494. The van der Waals surface area contributed by atoms with Crippen molar-refractivity contribution in [3.63, 3.8) is 0 Å². The summed E-state index contributed by atoms with van der Waals surface area (Å²) in [5, 5.41) is 14.5. The van der Waals surface area contributed by atoms with Crippen molar-refractivity contribution in [2.24, 2.45) is 0 Å². The molecule has 166 valence electrons. The molecule has 0 radical (unpaired) electrons. The van der Waals surface area contributed by atoms with Crippen molar-refractivity contribution in [1.82, 2.24) is 9.55 Å². The number of rotatable bonds is 2. The molecule has 0 saturated heterocycles. The minimum Gasteiger partial charge on any atom is -0.507 e. The lowest BCUT2D eigenvalue weighted by atomic mass is 10.00. The number of hydrogen-bond donors (Lipinski definition) is 1. The first-order chi connectivity index (χ1) is 16.4. The van der Waals surface area contributed by atoms with E-state index in [0.29, 0.717) is 22.6 Å². The predicted molar refractivity (Wildman–Crippen MR) is 128 cm³/mol. The number of aromatic hydroxyl groups is 1. The summed E-state index contributed by atoms with van der Waals surface area (Å²) in [6.07, 6.45) is -4.43. The second-order valence-corrected chi connectivity index (χ2v) is 8.12. The molecule has 0 aliphatic heterocycles. The van der Waals surface area contributed by atoms with Crippen LogP contribution in [0.2, 0.25) is 0 Å². The van der Waals surface area contributed by atoms with Crippen LogP contribution in [-0.2, 0) is 6.18 Å². The van der Waals surface area contributed by atoms with E-state index in [-0.39, 0.29) is 5.75 Å². The second-order valence-electron chi connectivity index (χ2n) is 8.12. The number of para-hydroxylation sites is 1. The minimum absolute atomic E-state index is 0.0413. The third-order valence-electron chi connectivity index (χ3n) is 6.13. The largest absolute Gasteiger partial charge is 0.507 e.